The van der Waals surface area contributed by atoms with Crippen molar-refractivity contribution in [3.8, 4) is 5.88 Å². The number of aromatic nitrogens is 2. The number of hydrogen-bond donors (Lipinski definition) is 2. The molecule has 0 aromatic carbocycles. The van der Waals surface area contributed by atoms with Crippen molar-refractivity contribution in [1.82, 2.24) is 9.97 Å². The summed E-state index contributed by atoms with van der Waals surface area (Å²) in [6, 6.07) is 0. The number of aromatic hydroxyl groups is 1. The van der Waals surface area contributed by atoms with Crippen LogP contribution in [-0.2, 0) is 10.3 Å². The first-order valence-electron chi connectivity index (χ1n) is 5.89. The zero-order chi connectivity index (χ0) is 12.6. The fourth-order valence-electron chi connectivity index (χ4n) is 2.24. The Hall–Kier alpha value is -1.36. The van der Waals surface area contributed by atoms with Crippen LogP contribution in [0.15, 0.2) is 4.79 Å². The highest BCUT2D eigenvalue weighted by molar-refractivity contribution is 5.27. The molecule has 2 rings (SSSR count). The number of ether oxygens (including phenoxy) is 1. The number of methoxy groups -OCH3 is 1. The van der Waals surface area contributed by atoms with E-state index in [0.29, 0.717) is 11.4 Å². The lowest BCUT2D eigenvalue weighted by atomic mass is 9.79. The van der Waals surface area contributed by atoms with Gasteiger partial charge in [0, 0.05) is 7.11 Å². The van der Waals surface area contributed by atoms with E-state index in [1.165, 1.54) is 0 Å². The van der Waals surface area contributed by atoms with E-state index in [4.69, 9.17) is 4.74 Å². The Labute approximate surface area is 99.9 Å². The molecule has 1 aliphatic rings. The van der Waals surface area contributed by atoms with Crippen LogP contribution in [0.2, 0.25) is 0 Å². The summed E-state index contributed by atoms with van der Waals surface area (Å²) in [7, 11) is 1.60. The molecule has 0 atom stereocenters. The summed E-state index contributed by atoms with van der Waals surface area (Å²) < 4.78 is 5.43. The first kappa shape index (κ1) is 12.1. The average Bonchev–Trinajstić information content (AvgIpc) is 2.14. The highest BCUT2D eigenvalue weighted by Gasteiger charge is 2.42. The Bertz CT molecular complexity index is 470. The minimum Gasteiger partial charge on any atom is -0.493 e. The maximum absolute atomic E-state index is 11.9. The van der Waals surface area contributed by atoms with Crippen molar-refractivity contribution in [2.75, 3.05) is 7.11 Å². The summed E-state index contributed by atoms with van der Waals surface area (Å²) in [4.78, 5) is 18.7. The van der Waals surface area contributed by atoms with Crippen LogP contribution in [0.4, 0.5) is 0 Å². The number of nitrogens with zero attached hydrogens (tertiary/aromatic N) is 1. The normalized spacial score (nSPS) is 18.1. The van der Waals surface area contributed by atoms with Gasteiger partial charge in [-0.2, -0.15) is 4.98 Å². The molecule has 0 aliphatic heterocycles. The van der Waals surface area contributed by atoms with E-state index in [1.54, 1.807) is 7.11 Å². The van der Waals surface area contributed by atoms with E-state index in [0.717, 1.165) is 19.3 Å². The Morgan fingerprint density at radius 1 is 1.47 bits per heavy atom. The Morgan fingerprint density at radius 3 is 2.47 bits per heavy atom. The zero-order valence-corrected chi connectivity index (χ0v) is 10.4. The molecular weight excluding hydrogens is 220 g/mol. The minimum atomic E-state index is -0.508. The monoisotopic (exact) mass is 238 g/mol. The third-order valence-corrected chi connectivity index (χ3v) is 3.50. The predicted octanol–water partition coefficient (Wildman–Crippen LogP) is 1.62. The van der Waals surface area contributed by atoms with Gasteiger partial charge in [-0.15, -0.1) is 0 Å². The largest absolute Gasteiger partial charge is 0.493 e. The van der Waals surface area contributed by atoms with Crippen molar-refractivity contribution in [2.45, 2.75) is 44.6 Å². The molecule has 1 heterocycles. The van der Waals surface area contributed by atoms with Crippen LogP contribution in [0.5, 0.6) is 5.88 Å². The second-order valence-electron chi connectivity index (χ2n) is 4.86. The number of rotatable bonds is 3. The highest BCUT2D eigenvalue weighted by atomic mass is 16.5. The molecule has 0 radical (unpaired) electrons. The molecular formula is C12H18N2O3. The van der Waals surface area contributed by atoms with E-state index in [-0.39, 0.29) is 17.4 Å². The Balaban J connectivity index is 2.49. The first-order chi connectivity index (χ1) is 8.00. The van der Waals surface area contributed by atoms with Gasteiger partial charge in [-0.1, -0.05) is 13.8 Å². The second kappa shape index (κ2) is 4.14. The first-order valence-corrected chi connectivity index (χ1v) is 5.89. The quantitative estimate of drug-likeness (QED) is 0.839. The second-order valence-corrected chi connectivity index (χ2v) is 4.86. The number of hydrogen-bond acceptors (Lipinski definition) is 4. The molecule has 1 aromatic heterocycles. The van der Waals surface area contributed by atoms with Crippen LogP contribution in [-0.4, -0.2) is 22.2 Å². The molecule has 1 aliphatic carbocycles. The third-order valence-electron chi connectivity index (χ3n) is 3.50. The van der Waals surface area contributed by atoms with Crippen molar-refractivity contribution < 1.29 is 9.84 Å². The van der Waals surface area contributed by atoms with Gasteiger partial charge in [0.1, 0.15) is 11.4 Å². The number of nitrogens with one attached hydrogen (secondary N) is 1. The van der Waals surface area contributed by atoms with Crippen LogP contribution >= 0.6 is 0 Å². The maximum Gasteiger partial charge on any atom is 0.258 e. The molecule has 2 N–H and O–H groups in total. The van der Waals surface area contributed by atoms with Crippen LogP contribution in [0, 0.1) is 0 Å². The Kier molecular flexibility index (Phi) is 2.95. The molecule has 94 valence electrons. The number of aromatic amines is 1. The van der Waals surface area contributed by atoms with Gasteiger partial charge in [0.15, 0.2) is 0 Å². The molecule has 1 aromatic rings. The SMILES string of the molecule is COC1(c2nc(O)c(C(C)C)c(=O)[nH]2)CCC1. The molecule has 17 heavy (non-hydrogen) atoms. The lowest BCUT2D eigenvalue weighted by molar-refractivity contribution is -0.0851. The van der Waals surface area contributed by atoms with Gasteiger partial charge in [0.25, 0.3) is 5.56 Å². The lowest BCUT2D eigenvalue weighted by Crippen LogP contribution is -2.39. The van der Waals surface area contributed by atoms with Gasteiger partial charge in [-0.3, -0.25) is 4.79 Å². The number of H-pyrrole nitrogens is 1. The van der Waals surface area contributed by atoms with Gasteiger partial charge in [0.05, 0.1) is 5.56 Å². The predicted molar refractivity (Wildman–Crippen MR) is 63.1 cm³/mol. The highest BCUT2D eigenvalue weighted by Crippen LogP contribution is 2.42. The average molecular weight is 238 g/mol. The molecule has 5 heteroatoms. The molecule has 0 unspecified atom stereocenters. The maximum atomic E-state index is 11.9. The topological polar surface area (TPSA) is 75.2 Å². The summed E-state index contributed by atoms with van der Waals surface area (Å²) in [6.45, 7) is 3.70. The van der Waals surface area contributed by atoms with E-state index in [9.17, 15) is 9.90 Å². The summed E-state index contributed by atoms with van der Waals surface area (Å²) in [5.74, 6) is 0.209. The van der Waals surface area contributed by atoms with Gasteiger partial charge in [0.2, 0.25) is 5.88 Å². The molecule has 1 saturated carbocycles. The van der Waals surface area contributed by atoms with Crippen LogP contribution in [0.1, 0.15) is 50.4 Å². The molecule has 0 spiro atoms. The van der Waals surface area contributed by atoms with E-state index < -0.39 is 5.60 Å². The standard InChI is InChI=1S/C12H18N2O3/c1-7(2)8-9(15)13-11(14-10(8)16)12(17-3)5-4-6-12/h7H,4-6H2,1-3H3,(H2,13,14,15,16). The minimum absolute atomic E-state index is 0.0554. The van der Waals surface area contributed by atoms with E-state index in [1.807, 2.05) is 13.8 Å². The summed E-state index contributed by atoms with van der Waals surface area (Å²) in [5.41, 5.74) is -0.447. The summed E-state index contributed by atoms with van der Waals surface area (Å²) in [6.07, 6.45) is 2.70. The fraction of sp³-hybridized carbons (Fsp3) is 0.667. The van der Waals surface area contributed by atoms with Gasteiger partial charge >= 0.3 is 0 Å². The molecule has 1 fully saturated rings. The van der Waals surface area contributed by atoms with Gasteiger partial charge in [-0.05, 0) is 25.2 Å². The lowest BCUT2D eigenvalue weighted by Gasteiger charge is -2.39. The van der Waals surface area contributed by atoms with Crippen molar-refractivity contribution in [3.63, 3.8) is 0 Å². The summed E-state index contributed by atoms with van der Waals surface area (Å²) in [5, 5.41) is 9.83. The van der Waals surface area contributed by atoms with Crippen LogP contribution in [0.25, 0.3) is 0 Å². The third kappa shape index (κ3) is 1.84. The Morgan fingerprint density at radius 2 is 2.12 bits per heavy atom. The van der Waals surface area contributed by atoms with Crippen molar-refractivity contribution in [3.05, 3.63) is 21.7 Å². The van der Waals surface area contributed by atoms with Gasteiger partial charge < -0.3 is 14.8 Å². The van der Waals surface area contributed by atoms with Crippen molar-refractivity contribution in [2.24, 2.45) is 0 Å². The van der Waals surface area contributed by atoms with Crippen LogP contribution < -0.4 is 5.56 Å². The summed E-state index contributed by atoms with van der Waals surface area (Å²) >= 11 is 0. The fourth-order valence-corrected chi connectivity index (χ4v) is 2.24. The molecule has 5 nitrogen and oxygen atoms in total. The smallest absolute Gasteiger partial charge is 0.258 e. The molecule has 0 saturated heterocycles. The van der Waals surface area contributed by atoms with Gasteiger partial charge in [-0.25, -0.2) is 0 Å². The molecule has 0 amide bonds. The molecule has 0 bridgehead atoms. The zero-order valence-electron chi connectivity index (χ0n) is 10.4. The van der Waals surface area contributed by atoms with Crippen molar-refractivity contribution >= 4 is 0 Å². The van der Waals surface area contributed by atoms with E-state index in [2.05, 4.69) is 9.97 Å². The van der Waals surface area contributed by atoms with E-state index >= 15 is 0 Å². The van der Waals surface area contributed by atoms with Crippen LogP contribution in [0.3, 0.4) is 0 Å². The van der Waals surface area contributed by atoms with Crippen molar-refractivity contribution in [1.29, 1.82) is 0 Å².